The van der Waals surface area contributed by atoms with Crippen LogP contribution in [0.4, 0.5) is 0 Å². The Kier molecular flexibility index (Phi) is 6.46. The van der Waals surface area contributed by atoms with Crippen molar-refractivity contribution in [1.82, 2.24) is 5.32 Å². The second-order valence-corrected chi connectivity index (χ2v) is 7.52. The molecule has 1 unspecified atom stereocenters. The molecule has 0 saturated heterocycles. The highest BCUT2D eigenvalue weighted by atomic mass is 35.7. The highest BCUT2D eigenvalue weighted by Gasteiger charge is 2.21. The molecule has 21 heavy (non-hydrogen) atoms. The van der Waals surface area contributed by atoms with Gasteiger partial charge in [0.15, 0.2) is 0 Å². The first kappa shape index (κ1) is 18.2. The summed E-state index contributed by atoms with van der Waals surface area (Å²) in [4.78, 5) is 12.1. The van der Waals surface area contributed by atoms with Crippen LogP contribution >= 0.6 is 22.3 Å². The Morgan fingerprint density at radius 3 is 2.52 bits per heavy atom. The quantitative estimate of drug-likeness (QED) is 0.798. The molecule has 5 nitrogen and oxygen atoms in total. The molecule has 0 aliphatic carbocycles. The minimum atomic E-state index is -3.97. The molecule has 0 saturated carbocycles. The van der Waals surface area contributed by atoms with Crippen molar-refractivity contribution in [3.8, 4) is 0 Å². The number of hydrogen-bond acceptors (Lipinski definition) is 4. The highest BCUT2D eigenvalue weighted by Crippen LogP contribution is 2.27. The molecule has 0 bridgehead atoms. The third-order valence-corrected chi connectivity index (χ3v) is 4.69. The minimum Gasteiger partial charge on any atom is -0.383 e. The number of nitrogens with one attached hydrogen (secondary N) is 1. The number of carbonyl (C=O) groups is 1. The Morgan fingerprint density at radius 1 is 1.43 bits per heavy atom. The lowest BCUT2D eigenvalue weighted by molar-refractivity contribution is 0.0894. The van der Waals surface area contributed by atoms with Crippen molar-refractivity contribution in [2.45, 2.75) is 31.2 Å². The van der Waals surface area contributed by atoms with Gasteiger partial charge in [0.2, 0.25) is 0 Å². The van der Waals surface area contributed by atoms with Crippen molar-refractivity contribution in [3.05, 3.63) is 28.3 Å². The molecule has 0 fully saturated rings. The van der Waals surface area contributed by atoms with Crippen LogP contribution in [0.25, 0.3) is 0 Å². The van der Waals surface area contributed by atoms with Gasteiger partial charge in [0.05, 0.1) is 17.5 Å². The molecule has 0 heterocycles. The highest BCUT2D eigenvalue weighted by molar-refractivity contribution is 8.13. The van der Waals surface area contributed by atoms with E-state index in [1.165, 1.54) is 26.2 Å². The van der Waals surface area contributed by atoms with Crippen LogP contribution in [0.5, 0.6) is 0 Å². The standard InChI is InChI=1S/C13H17Cl2NO4S/c1-4-10(7-20-3)16-13(17)11-5-9(14)6-12(8(11)2)21(15,18)19/h5-6,10H,4,7H2,1-3H3,(H,16,17). The molecule has 1 amide bonds. The van der Waals surface area contributed by atoms with E-state index < -0.39 is 15.0 Å². The van der Waals surface area contributed by atoms with E-state index >= 15 is 0 Å². The van der Waals surface area contributed by atoms with E-state index in [4.69, 9.17) is 27.0 Å². The predicted molar refractivity (Wildman–Crippen MR) is 82.6 cm³/mol. The summed E-state index contributed by atoms with van der Waals surface area (Å²) in [7, 11) is 2.92. The maximum Gasteiger partial charge on any atom is 0.261 e. The number of ether oxygens (including phenoxy) is 1. The molecule has 8 heteroatoms. The van der Waals surface area contributed by atoms with Gasteiger partial charge >= 0.3 is 0 Å². The largest absolute Gasteiger partial charge is 0.383 e. The summed E-state index contributed by atoms with van der Waals surface area (Å²) >= 11 is 5.88. The van der Waals surface area contributed by atoms with E-state index in [-0.39, 0.29) is 27.1 Å². The predicted octanol–water partition coefficient (Wildman–Crippen LogP) is 2.73. The molecule has 118 valence electrons. The lowest BCUT2D eigenvalue weighted by atomic mass is 10.1. The Morgan fingerprint density at radius 2 is 2.05 bits per heavy atom. The number of carbonyl (C=O) groups excluding carboxylic acids is 1. The third-order valence-electron chi connectivity index (χ3n) is 3.03. The zero-order valence-corrected chi connectivity index (χ0v) is 14.3. The topological polar surface area (TPSA) is 72.5 Å². The fourth-order valence-corrected chi connectivity index (χ4v) is 3.38. The molecule has 1 atom stereocenters. The van der Waals surface area contributed by atoms with Gasteiger partial charge in [0, 0.05) is 28.4 Å². The van der Waals surface area contributed by atoms with Crippen LogP contribution in [-0.4, -0.2) is 34.1 Å². The van der Waals surface area contributed by atoms with Crippen LogP contribution in [0, 0.1) is 6.92 Å². The van der Waals surface area contributed by atoms with E-state index in [2.05, 4.69) is 5.32 Å². The fraction of sp³-hybridized carbons (Fsp3) is 0.462. The van der Waals surface area contributed by atoms with Crippen LogP contribution in [0.3, 0.4) is 0 Å². The van der Waals surface area contributed by atoms with E-state index in [0.717, 1.165) is 0 Å². The molecule has 0 spiro atoms. The van der Waals surface area contributed by atoms with E-state index in [0.29, 0.717) is 13.0 Å². The molecule has 1 rings (SSSR count). The normalized spacial score (nSPS) is 13.0. The van der Waals surface area contributed by atoms with Gasteiger partial charge in [-0.25, -0.2) is 8.42 Å². The van der Waals surface area contributed by atoms with Gasteiger partial charge in [-0.15, -0.1) is 0 Å². The zero-order valence-electron chi connectivity index (χ0n) is 11.9. The number of rotatable bonds is 6. The molecule has 0 aliphatic heterocycles. The number of methoxy groups -OCH3 is 1. The summed E-state index contributed by atoms with van der Waals surface area (Å²) in [6.45, 7) is 3.78. The Hall–Kier alpha value is -0.820. The van der Waals surface area contributed by atoms with Crippen LogP contribution in [0.15, 0.2) is 17.0 Å². The first-order chi connectivity index (χ1) is 9.70. The van der Waals surface area contributed by atoms with E-state index in [1.54, 1.807) is 0 Å². The summed E-state index contributed by atoms with van der Waals surface area (Å²) < 4.78 is 28.0. The molecular formula is C13H17Cl2NO4S. The fourth-order valence-electron chi connectivity index (χ4n) is 1.87. The Bertz CT molecular complexity index is 631. The second kappa shape index (κ2) is 7.45. The molecule has 1 aromatic carbocycles. The molecule has 0 aliphatic rings. The van der Waals surface area contributed by atoms with Gasteiger partial charge in [0.1, 0.15) is 0 Å². The van der Waals surface area contributed by atoms with Gasteiger partial charge in [-0.1, -0.05) is 18.5 Å². The van der Waals surface area contributed by atoms with Gasteiger partial charge in [-0.2, -0.15) is 0 Å². The SMILES string of the molecule is CCC(COC)NC(=O)c1cc(Cl)cc(S(=O)(=O)Cl)c1C. The molecule has 1 aromatic rings. The van der Waals surface area contributed by atoms with Gasteiger partial charge in [0.25, 0.3) is 15.0 Å². The lowest BCUT2D eigenvalue weighted by Crippen LogP contribution is -2.37. The summed E-state index contributed by atoms with van der Waals surface area (Å²) in [6, 6.07) is 2.47. The summed E-state index contributed by atoms with van der Waals surface area (Å²) in [6.07, 6.45) is 0.680. The molecular weight excluding hydrogens is 337 g/mol. The van der Waals surface area contributed by atoms with Crippen LogP contribution in [0.1, 0.15) is 29.3 Å². The van der Waals surface area contributed by atoms with E-state index in [1.807, 2.05) is 6.92 Å². The Labute approximate surface area is 134 Å². The monoisotopic (exact) mass is 353 g/mol. The first-order valence-electron chi connectivity index (χ1n) is 6.25. The van der Waals surface area contributed by atoms with Crippen molar-refractivity contribution >= 4 is 37.2 Å². The smallest absolute Gasteiger partial charge is 0.261 e. The average molecular weight is 354 g/mol. The van der Waals surface area contributed by atoms with E-state index in [9.17, 15) is 13.2 Å². The molecule has 0 aromatic heterocycles. The van der Waals surface area contributed by atoms with Crippen LogP contribution in [-0.2, 0) is 13.8 Å². The van der Waals surface area contributed by atoms with Crippen molar-refractivity contribution in [3.63, 3.8) is 0 Å². The van der Waals surface area contributed by atoms with Crippen LogP contribution < -0.4 is 5.32 Å². The van der Waals surface area contributed by atoms with Crippen molar-refractivity contribution in [2.75, 3.05) is 13.7 Å². The molecule has 1 N–H and O–H groups in total. The number of hydrogen-bond donors (Lipinski definition) is 1. The zero-order chi connectivity index (χ0) is 16.2. The third kappa shape index (κ3) is 4.85. The summed E-state index contributed by atoms with van der Waals surface area (Å²) in [5, 5.41) is 2.90. The molecule has 0 radical (unpaired) electrons. The summed E-state index contributed by atoms with van der Waals surface area (Å²) in [5.41, 5.74) is 0.440. The van der Waals surface area contributed by atoms with Crippen molar-refractivity contribution < 1.29 is 17.9 Å². The number of benzene rings is 1. The van der Waals surface area contributed by atoms with Crippen LogP contribution in [0.2, 0.25) is 5.02 Å². The minimum absolute atomic E-state index is 0.129. The maximum atomic E-state index is 12.3. The lowest BCUT2D eigenvalue weighted by Gasteiger charge is -2.17. The Balaban J connectivity index is 3.19. The second-order valence-electron chi connectivity index (χ2n) is 4.55. The maximum absolute atomic E-state index is 12.3. The van der Waals surface area contributed by atoms with Gasteiger partial charge in [-0.05, 0) is 31.0 Å². The summed E-state index contributed by atoms with van der Waals surface area (Å²) in [5.74, 6) is -0.416. The van der Waals surface area contributed by atoms with Crippen molar-refractivity contribution in [2.24, 2.45) is 0 Å². The average Bonchev–Trinajstić information content (AvgIpc) is 2.39. The first-order valence-corrected chi connectivity index (χ1v) is 8.94. The van der Waals surface area contributed by atoms with Crippen molar-refractivity contribution in [1.29, 1.82) is 0 Å². The number of halogens is 2. The van der Waals surface area contributed by atoms with Gasteiger partial charge < -0.3 is 10.1 Å². The number of amides is 1. The van der Waals surface area contributed by atoms with Gasteiger partial charge in [-0.3, -0.25) is 4.79 Å².